The molecule has 0 amide bonds. The van der Waals surface area contributed by atoms with Gasteiger partial charge >= 0.3 is 0 Å². The minimum atomic E-state index is -2.61. The van der Waals surface area contributed by atoms with E-state index < -0.39 is 9.80 Å². The normalized spacial score (nSPS) is 21.3. The van der Waals surface area contributed by atoms with Crippen molar-refractivity contribution in [2.75, 3.05) is 6.26 Å². The van der Waals surface area contributed by atoms with E-state index in [0.717, 1.165) is 23.1 Å². The lowest BCUT2D eigenvalue weighted by atomic mass is 9.94. The van der Waals surface area contributed by atoms with Crippen molar-refractivity contribution in [3.05, 3.63) is 42.0 Å². The molecule has 0 aromatic heterocycles. The zero-order valence-electron chi connectivity index (χ0n) is 13.0. The lowest BCUT2D eigenvalue weighted by Gasteiger charge is -2.31. The third kappa shape index (κ3) is 3.15. The summed E-state index contributed by atoms with van der Waals surface area (Å²) >= 11 is 1.84. The molecule has 2 aromatic carbocycles. The lowest BCUT2D eigenvalue weighted by molar-refractivity contribution is 0.372. The SMILES string of the molecule is C=S(C)(=O)O/N=C1\CC(C)(C)Sc2ccc3ccccc3c21. The van der Waals surface area contributed by atoms with Gasteiger partial charge in [-0.15, -0.1) is 11.8 Å². The van der Waals surface area contributed by atoms with Crippen LogP contribution in [-0.4, -0.2) is 26.8 Å². The largest absolute Gasteiger partial charge is 0.304 e. The third-order valence-corrected chi connectivity index (χ3v) is 5.11. The fourth-order valence-electron chi connectivity index (χ4n) is 2.66. The predicted octanol–water partition coefficient (Wildman–Crippen LogP) is 4.10. The fourth-order valence-corrected chi connectivity index (χ4v) is 4.18. The van der Waals surface area contributed by atoms with Crippen LogP contribution in [0.15, 0.2) is 46.4 Å². The first-order valence-electron chi connectivity index (χ1n) is 7.04. The van der Waals surface area contributed by atoms with Gasteiger partial charge in [0, 0.05) is 27.9 Å². The Hall–Kier alpha value is -1.46. The second-order valence-electron chi connectivity index (χ2n) is 6.24. The summed E-state index contributed by atoms with van der Waals surface area (Å²) in [6.07, 6.45) is 2.21. The molecule has 0 spiro atoms. The summed E-state index contributed by atoms with van der Waals surface area (Å²) in [7, 11) is -2.61. The Kier molecular flexibility index (Phi) is 3.73. The molecule has 1 heterocycles. The van der Waals surface area contributed by atoms with Crippen LogP contribution < -0.4 is 0 Å². The molecule has 1 atom stereocenters. The Morgan fingerprint density at radius 2 is 2.00 bits per heavy atom. The molecule has 3 rings (SSSR count). The van der Waals surface area contributed by atoms with Gasteiger partial charge in [-0.2, -0.15) is 0 Å². The Balaban J connectivity index is 2.23. The summed E-state index contributed by atoms with van der Waals surface area (Å²) in [6.45, 7) is 4.36. The first kappa shape index (κ1) is 15.4. The van der Waals surface area contributed by atoms with E-state index >= 15 is 0 Å². The molecular formula is C17H19NO2S2. The first-order valence-corrected chi connectivity index (χ1v) is 9.92. The van der Waals surface area contributed by atoms with Crippen molar-refractivity contribution in [2.24, 2.45) is 5.16 Å². The Bertz CT molecular complexity index is 867. The quantitative estimate of drug-likeness (QED) is 0.613. The number of oxime groups is 1. The molecule has 2 aromatic rings. The molecule has 1 aliphatic rings. The number of benzene rings is 2. The van der Waals surface area contributed by atoms with Gasteiger partial charge in [0.15, 0.2) is 0 Å². The molecule has 0 aliphatic carbocycles. The molecule has 0 bridgehead atoms. The van der Waals surface area contributed by atoms with Crippen molar-refractivity contribution in [3.8, 4) is 0 Å². The van der Waals surface area contributed by atoms with Crippen LogP contribution in [0.1, 0.15) is 25.8 Å². The van der Waals surface area contributed by atoms with Crippen LogP contribution in [0.2, 0.25) is 0 Å². The molecule has 0 N–H and O–H groups in total. The van der Waals surface area contributed by atoms with E-state index in [4.69, 9.17) is 4.28 Å². The maximum atomic E-state index is 11.7. The monoisotopic (exact) mass is 333 g/mol. The van der Waals surface area contributed by atoms with Gasteiger partial charge in [0.1, 0.15) is 9.80 Å². The minimum absolute atomic E-state index is 0.0213. The predicted molar refractivity (Wildman–Crippen MR) is 97.3 cm³/mol. The highest BCUT2D eigenvalue weighted by Gasteiger charge is 2.32. The van der Waals surface area contributed by atoms with Gasteiger partial charge in [-0.25, -0.2) is 4.21 Å². The van der Waals surface area contributed by atoms with E-state index in [2.05, 4.69) is 49.1 Å². The van der Waals surface area contributed by atoms with Gasteiger partial charge in [-0.1, -0.05) is 35.5 Å². The van der Waals surface area contributed by atoms with Crippen LogP contribution in [0.4, 0.5) is 0 Å². The van der Waals surface area contributed by atoms with Gasteiger partial charge in [-0.3, -0.25) is 0 Å². The highest BCUT2D eigenvalue weighted by Crippen LogP contribution is 2.45. The standard InChI is InChI=1S/C17H19NO2S2/c1-17(2)11-14(18-20-22(3,4)19)16-13-8-6-5-7-12(13)9-10-15(16)21-17/h5-10H,3,11H2,1-2,4H3/b18-14+. The van der Waals surface area contributed by atoms with Crippen molar-refractivity contribution >= 4 is 43.9 Å². The van der Waals surface area contributed by atoms with Crippen LogP contribution in [0.25, 0.3) is 10.8 Å². The summed E-state index contributed by atoms with van der Waals surface area (Å²) in [4.78, 5) is 1.18. The zero-order chi connectivity index (χ0) is 16.0. The van der Waals surface area contributed by atoms with Crippen molar-refractivity contribution in [1.82, 2.24) is 0 Å². The van der Waals surface area contributed by atoms with Crippen molar-refractivity contribution < 1.29 is 8.49 Å². The van der Waals surface area contributed by atoms with E-state index in [-0.39, 0.29) is 4.75 Å². The van der Waals surface area contributed by atoms with Crippen LogP contribution in [0.5, 0.6) is 0 Å². The summed E-state index contributed by atoms with van der Waals surface area (Å²) in [5, 5.41) is 6.52. The van der Waals surface area contributed by atoms with E-state index in [0.29, 0.717) is 0 Å². The Morgan fingerprint density at radius 3 is 2.73 bits per heavy atom. The molecule has 1 aliphatic heterocycles. The second-order valence-corrected chi connectivity index (χ2v) is 9.99. The van der Waals surface area contributed by atoms with Crippen LogP contribution in [-0.2, 0) is 14.1 Å². The molecule has 0 fully saturated rings. The third-order valence-electron chi connectivity index (χ3n) is 3.46. The van der Waals surface area contributed by atoms with Crippen molar-refractivity contribution in [3.63, 3.8) is 0 Å². The number of fused-ring (bicyclic) bond motifs is 3. The second kappa shape index (κ2) is 5.32. The lowest BCUT2D eigenvalue weighted by Crippen LogP contribution is -2.26. The minimum Gasteiger partial charge on any atom is -0.304 e. The summed E-state index contributed by atoms with van der Waals surface area (Å²) < 4.78 is 16.9. The summed E-state index contributed by atoms with van der Waals surface area (Å²) in [5.74, 6) is 3.50. The first-order chi connectivity index (χ1) is 10.3. The molecular weight excluding hydrogens is 314 g/mol. The van der Waals surface area contributed by atoms with Crippen LogP contribution in [0, 0.1) is 0 Å². The highest BCUT2D eigenvalue weighted by molar-refractivity contribution is 8.00. The van der Waals surface area contributed by atoms with Crippen molar-refractivity contribution in [2.45, 2.75) is 29.9 Å². The van der Waals surface area contributed by atoms with Gasteiger partial charge in [0.25, 0.3) is 0 Å². The van der Waals surface area contributed by atoms with E-state index in [9.17, 15) is 4.21 Å². The zero-order valence-corrected chi connectivity index (χ0v) is 14.6. The fraction of sp³-hybridized carbons (Fsp3) is 0.294. The van der Waals surface area contributed by atoms with Gasteiger partial charge in [-0.05, 0) is 36.6 Å². The van der Waals surface area contributed by atoms with Gasteiger partial charge in [0.2, 0.25) is 0 Å². The molecule has 116 valence electrons. The molecule has 1 unspecified atom stereocenters. The molecule has 5 heteroatoms. The molecule has 0 saturated heterocycles. The Morgan fingerprint density at radius 1 is 1.27 bits per heavy atom. The topological polar surface area (TPSA) is 38.7 Å². The van der Waals surface area contributed by atoms with E-state index in [1.54, 1.807) is 0 Å². The molecule has 22 heavy (non-hydrogen) atoms. The highest BCUT2D eigenvalue weighted by atomic mass is 32.2. The van der Waals surface area contributed by atoms with Gasteiger partial charge in [0.05, 0.1) is 5.71 Å². The number of thioether (sulfide) groups is 1. The summed E-state index contributed by atoms with van der Waals surface area (Å²) in [5.41, 5.74) is 1.93. The van der Waals surface area contributed by atoms with E-state index in [1.165, 1.54) is 16.5 Å². The van der Waals surface area contributed by atoms with Crippen molar-refractivity contribution in [1.29, 1.82) is 0 Å². The van der Waals surface area contributed by atoms with Crippen LogP contribution in [0.3, 0.4) is 0 Å². The molecule has 0 radical (unpaired) electrons. The smallest absolute Gasteiger partial charge is 0.142 e. The van der Waals surface area contributed by atoms with Gasteiger partial charge < -0.3 is 4.28 Å². The maximum Gasteiger partial charge on any atom is 0.142 e. The van der Waals surface area contributed by atoms with E-state index in [1.807, 2.05) is 23.9 Å². The van der Waals surface area contributed by atoms with Crippen LogP contribution >= 0.6 is 11.8 Å². The average Bonchev–Trinajstić information content (AvgIpc) is 2.42. The Labute approximate surface area is 136 Å². The maximum absolute atomic E-state index is 11.7. The number of hydrogen-bond donors (Lipinski definition) is 0. The number of nitrogens with zero attached hydrogens (tertiary/aromatic N) is 1. The molecule has 0 saturated carbocycles. The average molecular weight is 333 g/mol. The summed E-state index contributed by atoms with van der Waals surface area (Å²) in [6, 6.07) is 12.5. The number of rotatable bonds is 2. The number of hydrogen-bond acceptors (Lipinski definition) is 4. The molecule has 3 nitrogen and oxygen atoms in total.